The molecule has 1 unspecified atom stereocenters. The van der Waals surface area contributed by atoms with Crippen LogP contribution in [-0.2, 0) is 27.3 Å². The molecule has 0 bridgehead atoms. The molecule has 0 spiro atoms. The van der Waals surface area contributed by atoms with Crippen molar-refractivity contribution in [3.8, 4) is 5.75 Å². The molecule has 1 aliphatic rings. The maximum absolute atomic E-state index is 6.57. The number of benzene rings is 3. The molecule has 222 valence electrons. The maximum Gasteiger partial charge on any atom is 0.250 e. The van der Waals surface area contributed by atoms with Gasteiger partial charge in [0.25, 0.3) is 0 Å². The fourth-order valence-corrected chi connectivity index (χ4v) is 6.08. The predicted molar refractivity (Wildman–Crippen MR) is 169 cm³/mol. The molecular weight excluding hydrogens is 526 g/mol. The molecule has 0 N–H and O–H groups in total. The number of rotatable bonds is 13. The highest BCUT2D eigenvalue weighted by Gasteiger charge is 2.39. The van der Waals surface area contributed by atoms with Gasteiger partial charge in [0.05, 0.1) is 18.8 Å². The summed E-state index contributed by atoms with van der Waals surface area (Å²) in [4.78, 5) is 2.49. The highest BCUT2D eigenvalue weighted by atomic mass is 28.4. The molecule has 4 rings (SSSR count). The van der Waals surface area contributed by atoms with Crippen molar-refractivity contribution in [3.05, 3.63) is 102 Å². The summed E-state index contributed by atoms with van der Waals surface area (Å²) in [6, 6.07) is 29.8. The summed E-state index contributed by atoms with van der Waals surface area (Å²) in [5.41, 5.74) is 3.63. The normalized spacial score (nSPS) is 17.8. The van der Waals surface area contributed by atoms with E-state index in [2.05, 4.69) is 124 Å². The summed E-state index contributed by atoms with van der Waals surface area (Å²) >= 11 is 0. The van der Waals surface area contributed by atoms with E-state index in [0.717, 1.165) is 50.3 Å². The van der Waals surface area contributed by atoms with Crippen LogP contribution in [0.25, 0.3) is 0 Å². The van der Waals surface area contributed by atoms with E-state index in [1.165, 1.54) is 11.1 Å². The monoisotopic (exact) mass is 575 g/mol. The van der Waals surface area contributed by atoms with Crippen molar-refractivity contribution in [2.45, 2.75) is 89.7 Å². The third-order valence-electron chi connectivity index (χ3n) is 8.51. The van der Waals surface area contributed by atoms with Gasteiger partial charge in [-0.05, 0) is 66.2 Å². The minimum absolute atomic E-state index is 0.0434. The van der Waals surface area contributed by atoms with Crippen LogP contribution in [0, 0.1) is 0 Å². The highest BCUT2D eigenvalue weighted by molar-refractivity contribution is 6.74. The van der Waals surface area contributed by atoms with Crippen LogP contribution in [0.4, 0.5) is 0 Å². The Morgan fingerprint density at radius 1 is 0.854 bits per heavy atom. The Labute approximate surface area is 248 Å². The molecule has 41 heavy (non-hydrogen) atoms. The zero-order valence-corrected chi connectivity index (χ0v) is 26.8. The van der Waals surface area contributed by atoms with Crippen molar-refractivity contribution >= 4 is 8.32 Å². The summed E-state index contributed by atoms with van der Waals surface area (Å²) in [6.45, 7) is 14.2. The second-order valence-electron chi connectivity index (χ2n) is 12.7. The van der Waals surface area contributed by atoms with Crippen LogP contribution < -0.4 is 4.43 Å². The van der Waals surface area contributed by atoms with Gasteiger partial charge < -0.3 is 18.6 Å². The van der Waals surface area contributed by atoms with Crippen LogP contribution in [0.15, 0.2) is 84.9 Å². The van der Waals surface area contributed by atoms with Crippen molar-refractivity contribution in [1.82, 2.24) is 4.90 Å². The van der Waals surface area contributed by atoms with Gasteiger partial charge in [0.1, 0.15) is 5.75 Å². The number of methoxy groups -OCH3 is 1. The average Bonchev–Trinajstić information content (AvgIpc) is 2.96. The molecule has 1 heterocycles. The first-order chi connectivity index (χ1) is 19.7. The van der Waals surface area contributed by atoms with Gasteiger partial charge in [-0.2, -0.15) is 0 Å². The molecule has 0 aromatic heterocycles. The molecule has 3 aromatic rings. The highest BCUT2D eigenvalue weighted by Crippen LogP contribution is 2.38. The Morgan fingerprint density at radius 2 is 1.44 bits per heavy atom. The fraction of sp³-hybridized carbons (Fsp3) is 0.486. The predicted octanol–water partition coefficient (Wildman–Crippen LogP) is 8.37. The molecule has 1 fully saturated rings. The summed E-state index contributed by atoms with van der Waals surface area (Å²) in [5.74, 6) is 0.920. The molecule has 0 aliphatic carbocycles. The molecule has 1 aliphatic heterocycles. The van der Waals surface area contributed by atoms with Gasteiger partial charge in [-0.15, -0.1) is 0 Å². The molecule has 5 nitrogen and oxygen atoms in total. The van der Waals surface area contributed by atoms with Gasteiger partial charge >= 0.3 is 0 Å². The number of hydrogen-bond donors (Lipinski definition) is 0. The van der Waals surface area contributed by atoms with Gasteiger partial charge in [-0.3, -0.25) is 4.90 Å². The number of nitrogens with zero attached hydrogens (tertiary/aromatic N) is 1. The molecule has 3 atom stereocenters. The van der Waals surface area contributed by atoms with E-state index in [1.54, 1.807) is 7.11 Å². The SMILES string of the molecule is CO[C@H](c1ccc(O[Si](C)(C)C(C)(C)C)cc1)[C@H](COC1CCCCO1)N(Cc1ccccc1)Cc1ccccc1. The Kier molecular flexibility index (Phi) is 11.2. The first-order valence-corrected chi connectivity index (χ1v) is 17.9. The lowest BCUT2D eigenvalue weighted by Gasteiger charge is -2.38. The van der Waals surface area contributed by atoms with Gasteiger partial charge in [-0.25, -0.2) is 0 Å². The Hall–Kier alpha value is -2.48. The molecule has 0 radical (unpaired) electrons. The lowest BCUT2D eigenvalue weighted by atomic mass is 9.99. The van der Waals surface area contributed by atoms with E-state index >= 15 is 0 Å². The van der Waals surface area contributed by atoms with Crippen LogP contribution in [0.5, 0.6) is 5.75 Å². The van der Waals surface area contributed by atoms with E-state index in [4.69, 9.17) is 18.6 Å². The third kappa shape index (κ3) is 9.00. The largest absolute Gasteiger partial charge is 0.544 e. The van der Waals surface area contributed by atoms with E-state index in [-0.39, 0.29) is 23.5 Å². The van der Waals surface area contributed by atoms with Crippen LogP contribution in [0.2, 0.25) is 18.1 Å². The van der Waals surface area contributed by atoms with Crippen LogP contribution in [0.1, 0.15) is 62.8 Å². The quantitative estimate of drug-likeness (QED) is 0.192. The smallest absolute Gasteiger partial charge is 0.250 e. The van der Waals surface area contributed by atoms with Crippen molar-refractivity contribution in [2.75, 3.05) is 20.3 Å². The van der Waals surface area contributed by atoms with E-state index in [1.807, 2.05) is 0 Å². The summed E-state index contributed by atoms with van der Waals surface area (Å²) in [5, 5.41) is 0.139. The molecule has 1 saturated heterocycles. The zero-order valence-electron chi connectivity index (χ0n) is 25.8. The van der Waals surface area contributed by atoms with Crippen LogP contribution in [-0.4, -0.2) is 45.9 Å². The standard InChI is InChI=1S/C35H49NO4Si/c1-35(2,3)41(5,6)40-31-22-20-30(21-23-31)34(37-4)32(27-39-33-19-13-14-24-38-33)36(25-28-15-9-7-10-16-28)26-29-17-11-8-12-18-29/h7-12,15-18,20-23,32-34H,13-14,19,24-27H2,1-6H3/t32-,33?,34+/m0/s1. The van der Waals surface area contributed by atoms with Crippen LogP contribution in [0.3, 0.4) is 0 Å². The molecule has 6 heteroatoms. The second kappa shape index (κ2) is 14.6. The Bertz CT molecular complexity index is 1120. The molecule has 3 aromatic carbocycles. The van der Waals surface area contributed by atoms with Crippen molar-refractivity contribution in [1.29, 1.82) is 0 Å². The van der Waals surface area contributed by atoms with Crippen molar-refractivity contribution in [2.24, 2.45) is 0 Å². The zero-order chi connectivity index (χ0) is 29.3. The Balaban J connectivity index is 1.64. The summed E-state index contributed by atoms with van der Waals surface area (Å²) < 4.78 is 25.3. The summed E-state index contributed by atoms with van der Waals surface area (Å²) in [6.07, 6.45) is 2.80. The van der Waals surface area contributed by atoms with Crippen molar-refractivity contribution < 1.29 is 18.6 Å². The minimum atomic E-state index is -1.93. The topological polar surface area (TPSA) is 40.2 Å². The lowest BCUT2D eigenvalue weighted by molar-refractivity contribution is -0.179. The first-order valence-electron chi connectivity index (χ1n) is 15.0. The first kappa shape index (κ1) is 31.5. The van der Waals surface area contributed by atoms with Gasteiger partial charge in [0.15, 0.2) is 6.29 Å². The fourth-order valence-electron chi connectivity index (χ4n) is 5.05. The van der Waals surface area contributed by atoms with E-state index in [0.29, 0.717) is 6.61 Å². The molecule has 0 amide bonds. The lowest BCUT2D eigenvalue weighted by Crippen LogP contribution is -2.44. The molecule has 0 saturated carbocycles. The maximum atomic E-state index is 6.57. The number of hydrogen-bond acceptors (Lipinski definition) is 5. The van der Waals surface area contributed by atoms with E-state index < -0.39 is 8.32 Å². The number of ether oxygens (including phenoxy) is 3. The Morgan fingerprint density at radius 3 is 1.93 bits per heavy atom. The van der Waals surface area contributed by atoms with Gasteiger partial charge in [0.2, 0.25) is 8.32 Å². The van der Waals surface area contributed by atoms with Crippen LogP contribution >= 0.6 is 0 Å². The second-order valence-corrected chi connectivity index (χ2v) is 17.4. The minimum Gasteiger partial charge on any atom is -0.544 e. The van der Waals surface area contributed by atoms with Gasteiger partial charge in [-0.1, -0.05) is 93.6 Å². The average molecular weight is 576 g/mol. The third-order valence-corrected chi connectivity index (χ3v) is 12.9. The summed E-state index contributed by atoms with van der Waals surface area (Å²) in [7, 11) is -0.127. The van der Waals surface area contributed by atoms with Gasteiger partial charge in [0, 0.05) is 26.8 Å². The molecular formula is C35H49NO4Si. The van der Waals surface area contributed by atoms with E-state index in [9.17, 15) is 0 Å². The van der Waals surface area contributed by atoms with Crippen molar-refractivity contribution in [3.63, 3.8) is 0 Å².